The predicted octanol–water partition coefficient (Wildman–Crippen LogP) is 2.72. The first-order valence-corrected chi connectivity index (χ1v) is 5.53. The summed E-state index contributed by atoms with van der Waals surface area (Å²) in [5, 5.41) is 4.21. The maximum absolute atomic E-state index is 5.91. The van der Waals surface area contributed by atoms with E-state index in [1.54, 1.807) is 4.68 Å². The van der Waals surface area contributed by atoms with Gasteiger partial charge in [0.05, 0.1) is 5.69 Å². The number of aryl methyl sites for hydroxylation is 4. The largest absolute Gasteiger partial charge is 0.437 e. The number of hydrogen-bond acceptors (Lipinski definition) is 3. The molecule has 2 aromatic rings. The molecule has 0 spiro atoms. The van der Waals surface area contributed by atoms with Crippen molar-refractivity contribution in [3.05, 3.63) is 35.0 Å². The fraction of sp³-hybridized carbons (Fsp3) is 0.308. The molecule has 0 aliphatic rings. The highest BCUT2D eigenvalue weighted by Crippen LogP contribution is 2.29. The number of benzene rings is 1. The molecule has 0 atom stereocenters. The Morgan fingerprint density at radius 1 is 1.18 bits per heavy atom. The molecule has 2 rings (SSSR count). The van der Waals surface area contributed by atoms with Gasteiger partial charge in [-0.1, -0.05) is 6.07 Å². The molecule has 0 unspecified atom stereocenters. The highest BCUT2D eigenvalue weighted by molar-refractivity contribution is 5.54. The van der Waals surface area contributed by atoms with Crippen LogP contribution in [0.5, 0.6) is 11.6 Å². The molecular formula is C13H17N3O. The second-order valence-corrected chi connectivity index (χ2v) is 4.28. The lowest BCUT2D eigenvalue weighted by Crippen LogP contribution is -1.97. The Kier molecular flexibility index (Phi) is 2.79. The molecule has 0 aliphatic heterocycles. The van der Waals surface area contributed by atoms with Crippen LogP contribution in [0.25, 0.3) is 0 Å². The first-order chi connectivity index (χ1) is 7.99. The van der Waals surface area contributed by atoms with Crippen LogP contribution in [0.1, 0.15) is 16.8 Å². The number of hydrogen-bond donors (Lipinski definition) is 1. The summed E-state index contributed by atoms with van der Waals surface area (Å²) in [6.07, 6.45) is 0. The zero-order valence-corrected chi connectivity index (χ0v) is 10.6. The maximum atomic E-state index is 5.91. The van der Waals surface area contributed by atoms with Gasteiger partial charge in [-0.05, 0) is 44.0 Å². The Morgan fingerprint density at radius 2 is 1.88 bits per heavy atom. The van der Waals surface area contributed by atoms with E-state index in [1.807, 2.05) is 32.2 Å². The monoisotopic (exact) mass is 231 g/mol. The Balaban J connectivity index is 2.34. The van der Waals surface area contributed by atoms with Crippen LogP contribution >= 0.6 is 0 Å². The summed E-state index contributed by atoms with van der Waals surface area (Å²) in [4.78, 5) is 0. The second kappa shape index (κ2) is 4.13. The second-order valence-electron chi connectivity index (χ2n) is 4.28. The van der Waals surface area contributed by atoms with Crippen molar-refractivity contribution in [3.63, 3.8) is 0 Å². The van der Waals surface area contributed by atoms with Crippen LogP contribution in [-0.2, 0) is 7.05 Å². The topological polar surface area (TPSA) is 53.1 Å². The highest BCUT2D eigenvalue weighted by atomic mass is 16.5. The Morgan fingerprint density at radius 3 is 2.41 bits per heavy atom. The van der Waals surface area contributed by atoms with Crippen molar-refractivity contribution in [2.24, 2.45) is 7.05 Å². The smallest absolute Gasteiger partial charge is 0.241 e. The summed E-state index contributed by atoms with van der Waals surface area (Å²) in [5.41, 5.74) is 9.72. The maximum Gasteiger partial charge on any atom is 0.241 e. The van der Waals surface area contributed by atoms with Gasteiger partial charge in [-0.25, -0.2) is 4.68 Å². The lowest BCUT2D eigenvalue weighted by atomic mass is 10.1. The molecule has 2 N–H and O–H groups in total. The summed E-state index contributed by atoms with van der Waals surface area (Å²) in [6.45, 7) is 5.99. The fourth-order valence-corrected chi connectivity index (χ4v) is 1.66. The predicted molar refractivity (Wildman–Crippen MR) is 68.3 cm³/mol. The first kappa shape index (κ1) is 11.5. The summed E-state index contributed by atoms with van der Waals surface area (Å²) in [7, 11) is 1.82. The van der Waals surface area contributed by atoms with Crippen LogP contribution in [0.15, 0.2) is 18.2 Å². The Labute approximate surface area is 101 Å². The van der Waals surface area contributed by atoms with Crippen LogP contribution in [0.2, 0.25) is 0 Å². The summed E-state index contributed by atoms with van der Waals surface area (Å²) in [6, 6.07) is 5.96. The zero-order chi connectivity index (χ0) is 12.6. The lowest BCUT2D eigenvalue weighted by molar-refractivity contribution is 0.432. The van der Waals surface area contributed by atoms with Gasteiger partial charge in [0.15, 0.2) is 0 Å². The van der Waals surface area contributed by atoms with Crippen molar-refractivity contribution < 1.29 is 4.74 Å². The molecule has 0 aliphatic carbocycles. The number of rotatable bonds is 2. The molecule has 90 valence electrons. The molecule has 1 aromatic carbocycles. The van der Waals surface area contributed by atoms with Crippen LogP contribution in [0.4, 0.5) is 5.69 Å². The van der Waals surface area contributed by atoms with Gasteiger partial charge >= 0.3 is 0 Å². The van der Waals surface area contributed by atoms with Gasteiger partial charge in [-0.15, -0.1) is 0 Å². The van der Waals surface area contributed by atoms with E-state index < -0.39 is 0 Å². The summed E-state index contributed by atoms with van der Waals surface area (Å²) >= 11 is 0. The number of nitrogen functional groups attached to an aromatic ring is 1. The van der Waals surface area contributed by atoms with E-state index in [4.69, 9.17) is 10.5 Å². The molecule has 0 radical (unpaired) electrons. The van der Waals surface area contributed by atoms with Crippen molar-refractivity contribution in [2.45, 2.75) is 20.8 Å². The Hall–Kier alpha value is -1.97. The average molecular weight is 231 g/mol. The van der Waals surface area contributed by atoms with Crippen molar-refractivity contribution in [1.29, 1.82) is 0 Å². The van der Waals surface area contributed by atoms with Gasteiger partial charge in [-0.3, -0.25) is 0 Å². The third kappa shape index (κ3) is 2.11. The zero-order valence-electron chi connectivity index (χ0n) is 10.6. The molecule has 4 nitrogen and oxygen atoms in total. The molecule has 1 aromatic heterocycles. The SMILES string of the molecule is Cc1ccc(Oc2c(N)c(C)nn2C)cc1C. The van der Waals surface area contributed by atoms with E-state index in [1.165, 1.54) is 11.1 Å². The molecule has 0 fully saturated rings. The number of nitrogens with two attached hydrogens (primary N) is 1. The van der Waals surface area contributed by atoms with Gasteiger partial charge in [0.1, 0.15) is 11.4 Å². The van der Waals surface area contributed by atoms with Gasteiger partial charge in [-0.2, -0.15) is 5.10 Å². The van der Waals surface area contributed by atoms with Gasteiger partial charge in [0.25, 0.3) is 0 Å². The third-order valence-electron chi connectivity index (χ3n) is 2.91. The van der Waals surface area contributed by atoms with Gasteiger partial charge in [0.2, 0.25) is 5.88 Å². The van der Waals surface area contributed by atoms with Crippen molar-refractivity contribution >= 4 is 5.69 Å². The number of anilines is 1. The van der Waals surface area contributed by atoms with Crippen molar-refractivity contribution in [1.82, 2.24) is 9.78 Å². The fourth-order valence-electron chi connectivity index (χ4n) is 1.66. The molecule has 4 heteroatoms. The third-order valence-corrected chi connectivity index (χ3v) is 2.91. The average Bonchev–Trinajstić information content (AvgIpc) is 2.50. The summed E-state index contributed by atoms with van der Waals surface area (Å²) < 4.78 is 7.42. The van der Waals surface area contributed by atoms with Crippen LogP contribution in [0, 0.1) is 20.8 Å². The van der Waals surface area contributed by atoms with E-state index in [9.17, 15) is 0 Å². The highest BCUT2D eigenvalue weighted by Gasteiger charge is 2.12. The van der Waals surface area contributed by atoms with Crippen LogP contribution in [-0.4, -0.2) is 9.78 Å². The molecule has 17 heavy (non-hydrogen) atoms. The lowest BCUT2D eigenvalue weighted by Gasteiger charge is -2.08. The minimum atomic E-state index is 0.589. The number of aromatic nitrogens is 2. The summed E-state index contributed by atoms with van der Waals surface area (Å²) in [5.74, 6) is 1.37. The quantitative estimate of drug-likeness (QED) is 0.864. The molecule has 0 saturated heterocycles. The molecular weight excluding hydrogens is 214 g/mol. The standard InChI is InChI=1S/C13H17N3O/c1-8-5-6-11(7-9(8)2)17-13-12(14)10(3)15-16(13)4/h5-7H,14H2,1-4H3. The molecule has 1 heterocycles. The van der Waals surface area contributed by atoms with Crippen molar-refractivity contribution in [3.8, 4) is 11.6 Å². The van der Waals surface area contributed by atoms with E-state index >= 15 is 0 Å². The van der Waals surface area contributed by atoms with Crippen LogP contribution < -0.4 is 10.5 Å². The van der Waals surface area contributed by atoms with Gasteiger partial charge < -0.3 is 10.5 Å². The Bertz CT molecular complexity index is 558. The van der Waals surface area contributed by atoms with Crippen LogP contribution in [0.3, 0.4) is 0 Å². The minimum absolute atomic E-state index is 0.589. The van der Waals surface area contributed by atoms with E-state index in [0.29, 0.717) is 11.6 Å². The van der Waals surface area contributed by atoms with Crippen molar-refractivity contribution in [2.75, 3.05) is 5.73 Å². The van der Waals surface area contributed by atoms with Gasteiger partial charge in [0, 0.05) is 7.05 Å². The first-order valence-electron chi connectivity index (χ1n) is 5.53. The van der Waals surface area contributed by atoms with E-state index in [-0.39, 0.29) is 0 Å². The normalized spacial score (nSPS) is 10.6. The molecule has 0 saturated carbocycles. The molecule has 0 bridgehead atoms. The minimum Gasteiger partial charge on any atom is -0.437 e. The number of ether oxygens (including phenoxy) is 1. The number of nitrogens with zero attached hydrogens (tertiary/aromatic N) is 2. The van der Waals surface area contributed by atoms with E-state index in [0.717, 1.165) is 11.4 Å². The van der Waals surface area contributed by atoms with E-state index in [2.05, 4.69) is 18.9 Å². The molecule has 0 amide bonds.